The Hall–Kier alpha value is -2.22. The highest BCUT2D eigenvalue weighted by Crippen LogP contribution is 2.28. The topological polar surface area (TPSA) is 86.0 Å². The molecule has 1 aromatic heterocycles. The summed E-state index contributed by atoms with van der Waals surface area (Å²) in [5, 5.41) is 0.504. The van der Waals surface area contributed by atoms with E-state index in [0.717, 1.165) is 0 Å². The van der Waals surface area contributed by atoms with E-state index in [2.05, 4.69) is 0 Å². The molecule has 2 rings (SSSR count). The normalized spacial score (nSPS) is 15.9. The molecule has 1 saturated heterocycles. The van der Waals surface area contributed by atoms with Gasteiger partial charge in [0, 0.05) is 0 Å². The second-order valence-corrected chi connectivity index (χ2v) is 6.03. The molecule has 8 heteroatoms. The minimum atomic E-state index is -0.500. The Labute approximate surface area is 144 Å². The van der Waals surface area contributed by atoms with Crippen LogP contribution >= 0.6 is 11.8 Å². The van der Waals surface area contributed by atoms with Crippen LogP contribution in [0, 0.1) is 13.8 Å². The highest BCUT2D eigenvalue weighted by atomic mass is 32.2. The van der Waals surface area contributed by atoms with Crippen LogP contribution in [0.4, 0.5) is 0 Å². The molecule has 0 unspecified atom stereocenters. The number of ether oxygens (including phenoxy) is 2. The summed E-state index contributed by atoms with van der Waals surface area (Å²) < 4.78 is 15.3. The Kier molecular flexibility index (Phi) is 6.08. The van der Waals surface area contributed by atoms with E-state index < -0.39 is 11.9 Å². The van der Waals surface area contributed by atoms with Gasteiger partial charge in [0.2, 0.25) is 5.91 Å². The lowest BCUT2D eigenvalue weighted by Crippen LogP contribution is -2.29. The van der Waals surface area contributed by atoms with Gasteiger partial charge in [0.05, 0.1) is 30.0 Å². The minimum Gasteiger partial charge on any atom is -0.466 e. The Morgan fingerprint density at radius 2 is 2.12 bits per heavy atom. The summed E-state index contributed by atoms with van der Waals surface area (Å²) in [4.78, 5) is 36.8. The zero-order valence-corrected chi connectivity index (χ0v) is 14.6. The van der Waals surface area contributed by atoms with E-state index in [1.54, 1.807) is 26.8 Å². The Bertz CT molecular complexity index is 678. The van der Waals surface area contributed by atoms with Crippen molar-refractivity contribution < 1.29 is 28.3 Å². The van der Waals surface area contributed by atoms with E-state index in [1.165, 1.54) is 22.7 Å². The first-order chi connectivity index (χ1) is 11.4. The molecule has 130 valence electrons. The maximum atomic E-state index is 12.0. The van der Waals surface area contributed by atoms with Crippen LogP contribution in [-0.4, -0.2) is 48.3 Å². The molecule has 1 fully saturated rings. The predicted octanol–water partition coefficient (Wildman–Crippen LogP) is 2.03. The average molecular weight is 353 g/mol. The summed E-state index contributed by atoms with van der Waals surface area (Å²) in [5.74, 6) is 0.236. The summed E-state index contributed by atoms with van der Waals surface area (Å²) >= 11 is 1.25. The van der Waals surface area contributed by atoms with Crippen LogP contribution in [0.3, 0.4) is 0 Å². The zero-order valence-electron chi connectivity index (χ0n) is 13.8. The number of nitrogens with zero attached hydrogens (tertiary/aromatic N) is 1. The fourth-order valence-corrected chi connectivity index (χ4v) is 3.15. The van der Waals surface area contributed by atoms with Gasteiger partial charge in [-0.15, -0.1) is 0 Å². The predicted molar refractivity (Wildman–Crippen MR) is 87.4 cm³/mol. The first kappa shape index (κ1) is 18.1. The third kappa shape index (κ3) is 4.41. The number of carbonyl (C=O) groups excluding carboxylic acids is 3. The van der Waals surface area contributed by atoms with Crippen LogP contribution in [0.25, 0.3) is 0 Å². The standard InChI is InChI=1S/C16H19NO6S/c1-4-21-15(19)8-14-17(13(18)9-24-14)5-6-22-16(20)12-7-10(2)23-11(12)3/h7-8H,4-6,9H2,1-3H3. The van der Waals surface area contributed by atoms with Gasteiger partial charge in [0.15, 0.2) is 0 Å². The lowest BCUT2D eigenvalue weighted by Gasteiger charge is -2.16. The number of esters is 2. The van der Waals surface area contributed by atoms with Crippen molar-refractivity contribution in [2.75, 3.05) is 25.5 Å². The van der Waals surface area contributed by atoms with Gasteiger partial charge < -0.3 is 18.8 Å². The molecule has 1 aromatic rings. The molecule has 1 aliphatic rings. The SMILES string of the molecule is CCOC(=O)C=C1SCC(=O)N1CCOC(=O)c1cc(C)oc1C. The van der Waals surface area contributed by atoms with Crippen LogP contribution in [-0.2, 0) is 19.1 Å². The van der Waals surface area contributed by atoms with Gasteiger partial charge in [0.25, 0.3) is 0 Å². The molecule has 0 spiro atoms. The first-order valence-corrected chi connectivity index (χ1v) is 8.46. The number of hydrogen-bond donors (Lipinski definition) is 0. The van der Waals surface area contributed by atoms with Crippen LogP contribution in [0.2, 0.25) is 0 Å². The Morgan fingerprint density at radius 1 is 1.38 bits per heavy atom. The fourth-order valence-electron chi connectivity index (χ4n) is 2.19. The number of rotatable bonds is 6. The number of hydrogen-bond acceptors (Lipinski definition) is 7. The first-order valence-electron chi connectivity index (χ1n) is 7.48. The smallest absolute Gasteiger partial charge is 0.341 e. The zero-order chi connectivity index (χ0) is 17.7. The van der Waals surface area contributed by atoms with Crippen molar-refractivity contribution in [3.05, 3.63) is 34.3 Å². The van der Waals surface area contributed by atoms with Crippen molar-refractivity contribution in [1.82, 2.24) is 4.90 Å². The van der Waals surface area contributed by atoms with Gasteiger partial charge in [0.1, 0.15) is 23.7 Å². The van der Waals surface area contributed by atoms with E-state index in [1.807, 2.05) is 0 Å². The van der Waals surface area contributed by atoms with Gasteiger partial charge in [-0.1, -0.05) is 11.8 Å². The van der Waals surface area contributed by atoms with Gasteiger partial charge in [-0.25, -0.2) is 9.59 Å². The molecule has 0 N–H and O–H groups in total. The van der Waals surface area contributed by atoms with Gasteiger partial charge >= 0.3 is 11.9 Å². The molecular weight excluding hydrogens is 334 g/mol. The lowest BCUT2D eigenvalue weighted by atomic mass is 10.2. The average Bonchev–Trinajstić information content (AvgIpc) is 3.03. The number of thioether (sulfide) groups is 1. The highest BCUT2D eigenvalue weighted by Gasteiger charge is 2.27. The molecule has 2 heterocycles. The van der Waals surface area contributed by atoms with Crippen LogP contribution in [0.5, 0.6) is 0 Å². The molecule has 0 atom stereocenters. The minimum absolute atomic E-state index is 0.0228. The van der Waals surface area contributed by atoms with Crippen LogP contribution in [0.15, 0.2) is 21.6 Å². The molecule has 1 aliphatic heterocycles. The van der Waals surface area contributed by atoms with Crippen molar-refractivity contribution in [1.29, 1.82) is 0 Å². The van der Waals surface area contributed by atoms with Crippen molar-refractivity contribution in [3.8, 4) is 0 Å². The van der Waals surface area contributed by atoms with Gasteiger partial charge in [-0.3, -0.25) is 4.79 Å². The largest absolute Gasteiger partial charge is 0.466 e. The Morgan fingerprint density at radius 3 is 2.75 bits per heavy atom. The molecule has 0 bridgehead atoms. The Balaban J connectivity index is 1.92. The molecule has 1 amide bonds. The number of furan rings is 1. The molecule has 7 nitrogen and oxygen atoms in total. The van der Waals surface area contributed by atoms with E-state index in [4.69, 9.17) is 13.9 Å². The van der Waals surface area contributed by atoms with Crippen molar-refractivity contribution in [2.24, 2.45) is 0 Å². The number of aryl methyl sites for hydroxylation is 2. The van der Waals surface area contributed by atoms with Gasteiger partial charge in [-0.2, -0.15) is 0 Å². The van der Waals surface area contributed by atoms with Crippen molar-refractivity contribution >= 4 is 29.6 Å². The quantitative estimate of drug-likeness (QED) is 0.571. The van der Waals surface area contributed by atoms with E-state index in [0.29, 0.717) is 22.1 Å². The van der Waals surface area contributed by atoms with Gasteiger partial charge in [-0.05, 0) is 26.8 Å². The van der Waals surface area contributed by atoms with Crippen LogP contribution < -0.4 is 0 Å². The third-order valence-corrected chi connectivity index (χ3v) is 4.27. The number of carbonyl (C=O) groups is 3. The van der Waals surface area contributed by atoms with E-state index in [9.17, 15) is 14.4 Å². The molecule has 0 aromatic carbocycles. The third-order valence-electron chi connectivity index (χ3n) is 3.25. The van der Waals surface area contributed by atoms with E-state index in [-0.39, 0.29) is 31.4 Å². The maximum absolute atomic E-state index is 12.0. The van der Waals surface area contributed by atoms with E-state index >= 15 is 0 Å². The monoisotopic (exact) mass is 353 g/mol. The number of amides is 1. The molecular formula is C16H19NO6S. The summed E-state index contributed by atoms with van der Waals surface area (Å²) in [6.07, 6.45) is 1.28. The summed E-state index contributed by atoms with van der Waals surface area (Å²) in [7, 11) is 0. The maximum Gasteiger partial charge on any atom is 0.341 e. The molecule has 0 radical (unpaired) electrons. The molecule has 24 heavy (non-hydrogen) atoms. The molecule has 0 aliphatic carbocycles. The molecule has 0 saturated carbocycles. The summed E-state index contributed by atoms with van der Waals surface area (Å²) in [6, 6.07) is 1.61. The van der Waals surface area contributed by atoms with Crippen LogP contribution in [0.1, 0.15) is 28.8 Å². The summed E-state index contributed by atoms with van der Waals surface area (Å²) in [6.45, 7) is 5.61. The van der Waals surface area contributed by atoms with Crippen molar-refractivity contribution in [2.45, 2.75) is 20.8 Å². The second kappa shape index (κ2) is 8.05. The second-order valence-electron chi connectivity index (χ2n) is 5.03. The lowest BCUT2D eigenvalue weighted by molar-refractivity contribution is -0.137. The summed E-state index contributed by atoms with van der Waals surface area (Å²) in [5.41, 5.74) is 0.372. The van der Waals surface area contributed by atoms with Crippen molar-refractivity contribution in [3.63, 3.8) is 0 Å². The fraction of sp³-hybridized carbons (Fsp3) is 0.438. The highest BCUT2D eigenvalue weighted by molar-refractivity contribution is 8.04.